The van der Waals surface area contributed by atoms with Gasteiger partial charge in [0.05, 0.1) is 7.11 Å². The van der Waals surface area contributed by atoms with Crippen LogP contribution in [0.5, 0.6) is 5.75 Å². The summed E-state index contributed by atoms with van der Waals surface area (Å²) in [7, 11) is 1.58. The molecular weight excluding hydrogens is 377 g/mol. The number of methoxy groups -OCH3 is 1. The van der Waals surface area contributed by atoms with E-state index in [0.717, 1.165) is 5.56 Å². The maximum absolute atomic E-state index is 12.1. The van der Waals surface area contributed by atoms with Gasteiger partial charge in [-0.2, -0.15) is 0 Å². The van der Waals surface area contributed by atoms with Crippen LogP contribution < -0.4 is 10.1 Å². The highest BCUT2D eigenvalue weighted by atomic mass is 35.5. The second-order valence-corrected chi connectivity index (χ2v) is 6.23. The van der Waals surface area contributed by atoms with Gasteiger partial charge in [0.2, 0.25) is 5.89 Å². The Morgan fingerprint density at radius 1 is 1.15 bits per heavy atom. The standard InChI is InChI=1S/C18H15Cl2N3O3/c1-25-14-6-3-12(4-7-14)17-22-23-18(26-17)16(24)21-9-8-11-2-5-13(19)10-15(11)20/h2-7,10H,8-9H2,1H3,(H,21,24). The third kappa shape index (κ3) is 4.33. The molecular formula is C18H15Cl2N3O3. The van der Waals surface area contributed by atoms with Gasteiger partial charge in [0.25, 0.3) is 0 Å². The number of nitrogens with zero attached hydrogens (tertiary/aromatic N) is 2. The van der Waals surface area contributed by atoms with Crippen LogP contribution in [0.15, 0.2) is 46.9 Å². The van der Waals surface area contributed by atoms with Gasteiger partial charge in [-0.05, 0) is 48.4 Å². The number of carbonyl (C=O) groups is 1. The molecule has 3 rings (SSSR count). The molecule has 0 bridgehead atoms. The fourth-order valence-electron chi connectivity index (χ4n) is 2.28. The highest BCUT2D eigenvalue weighted by Gasteiger charge is 2.15. The molecule has 0 aliphatic heterocycles. The first-order valence-corrected chi connectivity index (χ1v) is 8.52. The molecule has 1 N–H and O–H groups in total. The third-order valence-corrected chi connectivity index (χ3v) is 4.24. The van der Waals surface area contributed by atoms with Crippen molar-refractivity contribution in [3.8, 4) is 17.2 Å². The highest BCUT2D eigenvalue weighted by Crippen LogP contribution is 2.22. The molecule has 0 saturated carbocycles. The van der Waals surface area contributed by atoms with Crippen molar-refractivity contribution in [3.63, 3.8) is 0 Å². The molecule has 6 nitrogen and oxygen atoms in total. The van der Waals surface area contributed by atoms with Crippen molar-refractivity contribution in [2.75, 3.05) is 13.7 Å². The topological polar surface area (TPSA) is 77.2 Å². The summed E-state index contributed by atoms with van der Waals surface area (Å²) in [5.41, 5.74) is 1.59. The lowest BCUT2D eigenvalue weighted by Gasteiger charge is -2.05. The van der Waals surface area contributed by atoms with Crippen LogP contribution in [0, 0.1) is 0 Å². The van der Waals surface area contributed by atoms with Crippen molar-refractivity contribution in [2.45, 2.75) is 6.42 Å². The zero-order valence-electron chi connectivity index (χ0n) is 13.8. The van der Waals surface area contributed by atoms with E-state index in [2.05, 4.69) is 15.5 Å². The minimum Gasteiger partial charge on any atom is -0.497 e. The van der Waals surface area contributed by atoms with Crippen molar-refractivity contribution in [1.29, 1.82) is 0 Å². The summed E-state index contributed by atoms with van der Waals surface area (Å²) in [6, 6.07) is 12.3. The molecule has 1 aromatic heterocycles. The Morgan fingerprint density at radius 3 is 2.62 bits per heavy atom. The van der Waals surface area contributed by atoms with Gasteiger partial charge in [-0.25, -0.2) is 0 Å². The summed E-state index contributed by atoms with van der Waals surface area (Å²) >= 11 is 12.0. The first kappa shape index (κ1) is 18.2. The molecule has 0 atom stereocenters. The molecule has 2 aromatic carbocycles. The lowest BCUT2D eigenvalue weighted by Crippen LogP contribution is -2.26. The Kier molecular flexibility index (Phi) is 5.75. The van der Waals surface area contributed by atoms with Crippen LogP contribution in [0.4, 0.5) is 0 Å². The third-order valence-electron chi connectivity index (χ3n) is 3.65. The molecule has 26 heavy (non-hydrogen) atoms. The molecule has 0 radical (unpaired) electrons. The van der Waals surface area contributed by atoms with Gasteiger partial charge in [-0.1, -0.05) is 29.3 Å². The predicted molar refractivity (Wildman–Crippen MR) is 98.8 cm³/mol. The molecule has 3 aromatic rings. The van der Waals surface area contributed by atoms with Crippen LogP contribution in [0.1, 0.15) is 16.2 Å². The number of ether oxygens (including phenoxy) is 1. The molecule has 134 valence electrons. The van der Waals surface area contributed by atoms with E-state index < -0.39 is 5.91 Å². The van der Waals surface area contributed by atoms with Crippen molar-refractivity contribution in [1.82, 2.24) is 15.5 Å². The summed E-state index contributed by atoms with van der Waals surface area (Å²) in [4.78, 5) is 12.1. The highest BCUT2D eigenvalue weighted by molar-refractivity contribution is 6.35. The van der Waals surface area contributed by atoms with Gasteiger partial charge >= 0.3 is 11.8 Å². The van der Waals surface area contributed by atoms with Gasteiger partial charge in [0, 0.05) is 22.2 Å². The number of aromatic nitrogens is 2. The largest absolute Gasteiger partial charge is 0.497 e. The van der Waals surface area contributed by atoms with E-state index in [9.17, 15) is 4.79 Å². The SMILES string of the molecule is COc1ccc(-c2nnc(C(=O)NCCc3ccc(Cl)cc3Cl)o2)cc1. The van der Waals surface area contributed by atoms with Gasteiger partial charge in [0.1, 0.15) is 5.75 Å². The Hall–Kier alpha value is -2.57. The van der Waals surface area contributed by atoms with Gasteiger partial charge in [-0.15, -0.1) is 10.2 Å². The van der Waals surface area contributed by atoms with Crippen LogP contribution in [0.2, 0.25) is 10.0 Å². The van der Waals surface area contributed by atoms with E-state index in [1.807, 2.05) is 6.07 Å². The smallest absolute Gasteiger partial charge is 0.308 e. The lowest BCUT2D eigenvalue weighted by molar-refractivity contribution is 0.0920. The summed E-state index contributed by atoms with van der Waals surface area (Å²) in [6.07, 6.45) is 0.557. The van der Waals surface area contributed by atoms with Crippen LogP contribution >= 0.6 is 23.2 Å². The average molecular weight is 392 g/mol. The van der Waals surface area contributed by atoms with Crippen molar-refractivity contribution < 1.29 is 13.9 Å². The normalized spacial score (nSPS) is 10.6. The Balaban J connectivity index is 1.59. The van der Waals surface area contributed by atoms with E-state index in [0.29, 0.717) is 34.3 Å². The maximum Gasteiger partial charge on any atom is 0.308 e. The number of hydrogen-bond donors (Lipinski definition) is 1. The zero-order valence-corrected chi connectivity index (χ0v) is 15.3. The zero-order chi connectivity index (χ0) is 18.5. The summed E-state index contributed by atoms with van der Waals surface area (Å²) in [6.45, 7) is 0.375. The lowest BCUT2D eigenvalue weighted by atomic mass is 10.1. The molecule has 0 spiro atoms. The van der Waals surface area contributed by atoms with Crippen LogP contribution in [-0.2, 0) is 6.42 Å². The number of benzene rings is 2. The molecule has 1 heterocycles. The number of amides is 1. The molecule has 8 heteroatoms. The van der Waals surface area contributed by atoms with E-state index in [-0.39, 0.29) is 11.8 Å². The average Bonchev–Trinajstić information content (AvgIpc) is 3.14. The number of carbonyl (C=O) groups excluding carboxylic acids is 1. The first-order chi connectivity index (χ1) is 12.6. The van der Waals surface area contributed by atoms with E-state index in [1.165, 1.54) is 0 Å². The van der Waals surface area contributed by atoms with Gasteiger partial charge < -0.3 is 14.5 Å². The van der Waals surface area contributed by atoms with Crippen molar-refractivity contribution in [3.05, 3.63) is 64.0 Å². The van der Waals surface area contributed by atoms with Crippen LogP contribution in [-0.4, -0.2) is 29.8 Å². The van der Waals surface area contributed by atoms with Crippen molar-refractivity contribution in [2.24, 2.45) is 0 Å². The fourth-order valence-corrected chi connectivity index (χ4v) is 2.78. The van der Waals surface area contributed by atoms with Crippen molar-refractivity contribution >= 4 is 29.1 Å². The Morgan fingerprint density at radius 2 is 1.92 bits per heavy atom. The van der Waals surface area contributed by atoms with E-state index in [1.54, 1.807) is 43.5 Å². The van der Waals surface area contributed by atoms with Gasteiger partial charge in [0.15, 0.2) is 0 Å². The molecule has 0 saturated heterocycles. The summed E-state index contributed by atoms with van der Waals surface area (Å²) in [5.74, 6) is 0.436. The minimum absolute atomic E-state index is 0.0991. The quantitative estimate of drug-likeness (QED) is 0.686. The first-order valence-electron chi connectivity index (χ1n) is 7.77. The second-order valence-electron chi connectivity index (χ2n) is 5.38. The summed E-state index contributed by atoms with van der Waals surface area (Å²) in [5, 5.41) is 11.5. The Labute approximate surface area is 160 Å². The maximum atomic E-state index is 12.1. The number of halogens is 2. The minimum atomic E-state index is -0.442. The van der Waals surface area contributed by atoms with Crippen LogP contribution in [0.25, 0.3) is 11.5 Å². The summed E-state index contributed by atoms with van der Waals surface area (Å²) < 4.78 is 10.5. The van der Waals surface area contributed by atoms with E-state index in [4.69, 9.17) is 32.4 Å². The molecule has 0 fully saturated rings. The number of nitrogens with one attached hydrogen (secondary N) is 1. The molecule has 0 aliphatic carbocycles. The molecule has 0 unspecified atom stereocenters. The number of hydrogen-bond acceptors (Lipinski definition) is 5. The van der Waals surface area contributed by atoms with Crippen LogP contribution in [0.3, 0.4) is 0 Å². The fraction of sp³-hybridized carbons (Fsp3) is 0.167. The molecule has 1 amide bonds. The second kappa shape index (κ2) is 8.21. The van der Waals surface area contributed by atoms with E-state index >= 15 is 0 Å². The van der Waals surface area contributed by atoms with Gasteiger partial charge in [-0.3, -0.25) is 4.79 Å². The number of rotatable bonds is 6. The monoisotopic (exact) mass is 391 g/mol. The predicted octanol–water partition coefficient (Wildman–Crippen LogP) is 4.02. The molecule has 0 aliphatic rings. The Bertz CT molecular complexity index is 910.